The molecule has 12 atom stereocenters. The summed E-state index contributed by atoms with van der Waals surface area (Å²) in [5.74, 6) is -3.34. The Bertz CT molecular complexity index is 3430. The van der Waals surface area contributed by atoms with Crippen molar-refractivity contribution >= 4 is 90.9 Å². The van der Waals surface area contributed by atoms with Crippen LogP contribution in [0.15, 0.2) is 60.2 Å². The number of hydrogen-bond donors (Lipinski definition) is 9. The van der Waals surface area contributed by atoms with Crippen molar-refractivity contribution in [1.29, 1.82) is 0 Å². The highest BCUT2D eigenvalue weighted by atomic mass is 31.2. The van der Waals surface area contributed by atoms with E-state index >= 15 is 0 Å². The number of H-pyrrole nitrogens is 1. The summed E-state index contributed by atoms with van der Waals surface area (Å²) in [5, 5.41) is 30.7. The average Bonchev–Trinajstić information content (AvgIpc) is 3.15. The van der Waals surface area contributed by atoms with Gasteiger partial charge in [-0.15, -0.1) is 0 Å². The van der Waals surface area contributed by atoms with Crippen molar-refractivity contribution in [2.45, 2.75) is 115 Å². The first-order valence-corrected chi connectivity index (χ1v) is 28.5. The molecule has 35 heteroatoms. The van der Waals surface area contributed by atoms with Crippen LogP contribution in [0, 0.1) is 11.8 Å². The number of rotatable bonds is 18. The van der Waals surface area contributed by atoms with Gasteiger partial charge in [0.2, 0.25) is 17.8 Å². The van der Waals surface area contributed by atoms with Gasteiger partial charge in [0.1, 0.15) is 49.6 Å². The van der Waals surface area contributed by atoms with E-state index in [1.807, 2.05) is 0 Å². The number of phosphoric acid groups is 2. The molecule has 9 rings (SSSR count). The fourth-order valence-electron chi connectivity index (χ4n) is 9.37. The van der Waals surface area contributed by atoms with Crippen molar-refractivity contribution in [2.75, 3.05) is 36.1 Å². The van der Waals surface area contributed by atoms with Crippen molar-refractivity contribution in [2.24, 2.45) is 11.8 Å². The van der Waals surface area contributed by atoms with Crippen LogP contribution in [0.2, 0.25) is 0 Å². The number of imide groups is 1. The van der Waals surface area contributed by atoms with Gasteiger partial charge in [-0.1, -0.05) is 39.3 Å². The highest BCUT2D eigenvalue weighted by Gasteiger charge is 2.54. The minimum atomic E-state index is -5.28. The number of carbonyl (C=O) groups excluding carboxylic acids is 6. The van der Waals surface area contributed by atoms with E-state index in [1.54, 1.807) is 45.0 Å². The Morgan fingerprint density at radius 2 is 1.45 bits per heavy atom. The molecule has 5 amide bonds. The van der Waals surface area contributed by atoms with Gasteiger partial charge in [-0.2, -0.15) is 4.98 Å². The zero-order valence-electron chi connectivity index (χ0n) is 43.8. The van der Waals surface area contributed by atoms with Crippen LogP contribution in [0.5, 0.6) is 0 Å². The summed E-state index contributed by atoms with van der Waals surface area (Å²) >= 11 is 0. The van der Waals surface area contributed by atoms with E-state index < -0.39 is 107 Å². The molecule has 0 spiro atoms. The maximum atomic E-state index is 13.6. The second-order valence-corrected chi connectivity index (χ2v) is 22.6. The van der Waals surface area contributed by atoms with Gasteiger partial charge in [-0.25, -0.2) is 33.9 Å². The number of imidazole rings is 2. The van der Waals surface area contributed by atoms with Gasteiger partial charge in [-0.05, 0) is 36.5 Å². The first kappa shape index (κ1) is 59.4. The fourth-order valence-corrected chi connectivity index (χ4v) is 11.3. The fraction of sp³-hybridized carbons (Fsp3) is 0.489. The number of aromatic nitrogens is 8. The molecule has 4 unspecified atom stereocenters. The molecule has 10 N–H and O–H groups in total. The zero-order chi connectivity index (χ0) is 58.8. The van der Waals surface area contributed by atoms with Gasteiger partial charge >= 0.3 is 21.7 Å². The number of ketones is 1. The van der Waals surface area contributed by atoms with Crippen molar-refractivity contribution in [3.8, 4) is 0 Å². The summed E-state index contributed by atoms with van der Waals surface area (Å²) in [6.45, 7) is 3.30. The minimum absolute atomic E-state index is 0.0667. The highest BCUT2D eigenvalue weighted by Crippen LogP contribution is 2.54. The number of fused-ring (bicyclic) bond motifs is 5. The van der Waals surface area contributed by atoms with Crippen molar-refractivity contribution in [3.05, 3.63) is 71.3 Å². The third-order valence-corrected chi connectivity index (χ3v) is 15.5. The van der Waals surface area contributed by atoms with Crippen LogP contribution in [0.3, 0.4) is 0 Å². The quantitative estimate of drug-likeness (QED) is 0.0335. The Hall–Kier alpha value is -7.26. The second kappa shape index (κ2) is 24.7. The number of unbranched alkanes of at least 4 members (excludes halogenated alkanes) is 2. The molecule has 440 valence electrons. The van der Waals surface area contributed by atoms with Crippen LogP contribution in [0.1, 0.15) is 70.9 Å². The number of carbonyl (C=O) groups is 6. The van der Waals surface area contributed by atoms with Crippen molar-refractivity contribution in [1.82, 2.24) is 49.3 Å². The molecule has 4 aliphatic rings. The van der Waals surface area contributed by atoms with Gasteiger partial charge in [0, 0.05) is 43.1 Å². The van der Waals surface area contributed by atoms with Crippen molar-refractivity contribution < 1.29 is 90.2 Å². The van der Waals surface area contributed by atoms with Gasteiger partial charge in [0.25, 0.3) is 17.4 Å². The monoisotopic (exact) mass is 1190 g/mol. The molecular weight excluding hydrogens is 1130 g/mol. The van der Waals surface area contributed by atoms with Gasteiger partial charge in [-0.3, -0.25) is 71.2 Å². The molecule has 2 bridgehead atoms. The lowest BCUT2D eigenvalue weighted by Crippen LogP contribution is -2.45. The molecule has 3 saturated heterocycles. The first-order chi connectivity index (χ1) is 39.0. The van der Waals surface area contributed by atoms with E-state index in [0.29, 0.717) is 30.5 Å². The minimum Gasteiger partial charge on any atom is -0.444 e. The molecule has 5 aromatic rings. The summed E-state index contributed by atoms with van der Waals surface area (Å²) in [5.41, 5.74) is 5.36. The third-order valence-electron chi connectivity index (χ3n) is 13.6. The number of amides is 5. The van der Waals surface area contributed by atoms with Crippen LogP contribution >= 0.6 is 15.6 Å². The number of ether oxygens (including phenoxy) is 3. The van der Waals surface area contributed by atoms with Crippen molar-refractivity contribution in [3.63, 3.8) is 0 Å². The first-order valence-electron chi connectivity index (χ1n) is 25.5. The number of hydrogen-bond acceptors (Lipinski definition) is 24. The number of Topliss-reactive ketones (excluding diaryl/α,β-unsaturated/α-hetero) is 1. The summed E-state index contributed by atoms with van der Waals surface area (Å²) in [6.07, 6.45) is -7.42. The number of aliphatic hydroxyl groups excluding tert-OH is 2. The Kier molecular flexibility index (Phi) is 17.9. The molecule has 0 radical (unpaired) electrons. The Morgan fingerprint density at radius 3 is 2.15 bits per heavy atom. The number of nitrogen functional groups attached to an aromatic ring is 1. The number of aliphatic hydroxyl groups is 2. The maximum absolute atomic E-state index is 13.6. The Labute approximate surface area is 463 Å². The molecule has 33 nitrogen and oxygen atoms in total. The van der Waals surface area contributed by atoms with Gasteiger partial charge < -0.3 is 50.6 Å². The number of phosphoric ester groups is 2. The van der Waals surface area contributed by atoms with E-state index in [-0.39, 0.29) is 89.5 Å². The molecule has 8 heterocycles. The van der Waals surface area contributed by atoms with Gasteiger partial charge in [0.15, 0.2) is 46.4 Å². The second-order valence-electron chi connectivity index (χ2n) is 19.8. The molecule has 4 aliphatic heterocycles. The Morgan fingerprint density at radius 1 is 0.805 bits per heavy atom. The Balaban J connectivity index is 0.772. The molecule has 3 fully saturated rings. The van der Waals surface area contributed by atoms with Crippen LogP contribution in [0.25, 0.3) is 22.3 Å². The van der Waals surface area contributed by atoms with Crippen LogP contribution in [-0.2, 0) is 72.0 Å². The maximum Gasteiger partial charge on any atom is 0.472 e. The van der Waals surface area contributed by atoms with E-state index in [9.17, 15) is 62.7 Å². The summed E-state index contributed by atoms with van der Waals surface area (Å²) in [4.78, 5) is 134. The lowest BCUT2D eigenvalue weighted by Gasteiger charge is -2.25. The summed E-state index contributed by atoms with van der Waals surface area (Å²) in [7, 11) is -10.5. The lowest BCUT2D eigenvalue weighted by atomic mass is 9.92. The average molecular weight is 1190 g/mol. The van der Waals surface area contributed by atoms with E-state index in [0.717, 1.165) is 33.0 Å². The van der Waals surface area contributed by atoms with Gasteiger partial charge in [0.05, 0.1) is 31.9 Å². The lowest BCUT2D eigenvalue weighted by molar-refractivity contribution is -0.137. The van der Waals surface area contributed by atoms with Crippen LogP contribution < -0.4 is 27.2 Å². The summed E-state index contributed by atoms with van der Waals surface area (Å²) in [6, 6.07) is 5.47. The predicted molar refractivity (Wildman–Crippen MR) is 278 cm³/mol. The molecule has 0 saturated carbocycles. The number of nitrogens with two attached hydrogens (primary N) is 1. The highest BCUT2D eigenvalue weighted by molar-refractivity contribution is 7.47. The summed E-state index contributed by atoms with van der Waals surface area (Å²) < 4.78 is 67.7. The number of aromatic amines is 1. The number of benzene rings is 1. The number of nitrogens with zero attached hydrogens (tertiary/aromatic N) is 8. The van der Waals surface area contributed by atoms with E-state index in [2.05, 4.69) is 45.9 Å². The topological polar surface area (TPSA) is 455 Å². The SMILES string of the molecule is CC(C)[C@H](NC(=O)CCCCCN1C(=O)C=CC1=O)C(=O)C[C@@H](C)C(=O)Nc1ccc(COC(=O)Nc2ncnc3c2ncn3[C@@H]2O[C@@H]3COP(=O)(O)O[C@@H]4C(O)[C@H](n5cnc6c(=O)[nH]c(N)nc65)O[C@@H]4COP(=O)(O)O[C@H]2C3O)cc1. The molecule has 82 heavy (non-hydrogen) atoms. The molecule has 1 aromatic carbocycles. The molecule has 0 aliphatic carbocycles. The smallest absolute Gasteiger partial charge is 0.444 e. The zero-order valence-corrected chi connectivity index (χ0v) is 45.6. The third kappa shape index (κ3) is 13.5. The predicted octanol–water partition coefficient (Wildman–Crippen LogP) is 0.985. The molecule has 4 aromatic heterocycles. The number of anilines is 3. The van der Waals surface area contributed by atoms with E-state index in [4.69, 9.17) is 38.0 Å². The van der Waals surface area contributed by atoms with Crippen LogP contribution in [-0.4, -0.2) is 162 Å². The van der Waals surface area contributed by atoms with Crippen LogP contribution in [0.4, 0.5) is 22.2 Å². The standard InChI is InChI=1S/C47H57N13O20P2/c1-22(2)32(54-29(62)7-5-4-6-14-58-30(63)12-13-31(58)64)26(61)15-23(3)42(67)53-25-10-8-24(9-11-25)16-74-47(69)55-39-33-40(50-19-49-39)59(20-51-33)45-38-35(65)27(77-45)17-75-81(70,71)79-37-28(18-76-82(72,73)80-38)78-44(36(37)66)60-21-52-34-41(60)56-46(48)57-43(34)68/h8-13,19-23,27-28,32,35-38,44-45,65-66H,4-7,14-18H2,1-3H3,(H,53,67)(H,54,62)(H,70,71)(H,72,73)(H3,48,56,57,68)(H,49,50,55,69)/t23-,27-,28-,32+,35?,36?,37+,38+,44-,45-/m1/s1. The number of nitrogens with one attached hydrogen (secondary N) is 4. The largest absolute Gasteiger partial charge is 0.472 e. The normalized spacial score (nSPS) is 27.4. The van der Waals surface area contributed by atoms with E-state index in [1.165, 1.54) is 12.2 Å². The molecular formula is C47H57N13O20P2.